The minimum Gasteiger partial charge on any atom is -0.473 e. The Morgan fingerprint density at radius 3 is 2.57 bits per heavy atom. The summed E-state index contributed by atoms with van der Waals surface area (Å²) in [7, 11) is 1.66. The van der Waals surface area contributed by atoms with Crippen LogP contribution in [0.1, 0.15) is 11.3 Å². The molecule has 1 amide bonds. The number of hydrogen-bond donors (Lipinski definition) is 3. The van der Waals surface area contributed by atoms with Crippen LogP contribution in [-0.4, -0.2) is 18.4 Å². The summed E-state index contributed by atoms with van der Waals surface area (Å²) in [5.74, 6) is 10.2. The summed E-state index contributed by atoms with van der Waals surface area (Å²) in [6, 6.07) is 10.2. The summed E-state index contributed by atoms with van der Waals surface area (Å²) in [6.45, 7) is 1.95. The number of hydrogen-bond acceptors (Lipinski definition) is 6. The van der Waals surface area contributed by atoms with Gasteiger partial charge in [0.15, 0.2) is 0 Å². The zero-order valence-electron chi connectivity index (χ0n) is 13.0. The Morgan fingerprint density at radius 2 is 2.00 bits per heavy atom. The Kier molecular flexibility index (Phi) is 7.44. The molecule has 0 bridgehead atoms. The van der Waals surface area contributed by atoms with Crippen LogP contribution in [0, 0.1) is 12.7 Å². The fourth-order valence-corrected chi connectivity index (χ4v) is 1.77. The number of nitrogens with one attached hydrogen (secondary N) is 1. The van der Waals surface area contributed by atoms with E-state index in [0.717, 1.165) is 5.69 Å². The number of benzene rings is 1. The highest BCUT2D eigenvalue weighted by molar-refractivity contribution is 5.52. The molecule has 0 fully saturated rings. The monoisotopic (exact) mass is 321 g/mol. The number of rotatable bonds is 5. The molecule has 0 aliphatic heterocycles. The number of halogens is 1. The summed E-state index contributed by atoms with van der Waals surface area (Å²) in [4.78, 5) is 13.1. The zero-order valence-corrected chi connectivity index (χ0v) is 13.0. The highest BCUT2D eigenvalue weighted by Gasteiger charge is 2.11. The Labute approximate surface area is 134 Å². The van der Waals surface area contributed by atoms with Crippen molar-refractivity contribution in [2.45, 2.75) is 13.5 Å². The molecule has 1 heterocycles. The van der Waals surface area contributed by atoms with Crippen molar-refractivity contribution in [3.8, 4) is 5.88 Å². The number of anilines is 1. The van der Waals surface area contributed by atoms with Gasteiger partial charge in [-0.05, 0) is 25.1 Å². The summed E-state index contributed by atoms with van der Waals surface area (Å²) in [5, 5.41) is 1.37. The summed E-state index contributed by atoms with van der Waals surface area (Å²) >= 11 is 0. The SMILES string of the molecule is Cc1cccc(OCc2c(F)cccc2N(C)N)n1.NNC=O. The lowest BCUT2D eigenvalue weighted by Gasteiger charge is -2.17. The molecule has 8 heteroatoms. The molecule has 0 radical (unpaired) electrons. The first-order valence-electron chi connectivity index (χ1n) is 6.71. The largest absolute Gasteiger partial charge is 0.473 e. The number of aromatic nitrogens is 1. The molecule has 7 nitrogen and oxygen atoms in total. The van der Waals surface area contributed by atoms with E-state index in [2.05, 4.69) is 10.8 Å². The highest BCUT2D eigenvalue weighted by Crippen LogP contribution is 2.22. The Balaban J connectivity index is 0.000000593. The van der Waals surface area contributed by atoms with Crippen LogP contribution in [0.25, 0.3) is 0 Å². The molecular formula is C15H20FN5O2. The molecule has 2 rings (SSSR count). The van der Waals surface area contributed by atoms with Gasteiger partial charge in [0.05, 0.1) is 5.69 Å². The van der Waals surface area contributed by atoms with Gasteiger partial charge in [0.1, 0.15) is 12.4 Å². The molecule has 0 unspecified atom stereocenters. The minimum absolute atomic E-state index is 0.0833. The van der Waals surface area contributed by atoms with E-state index in [1.807, 2.05) is 19.1 Å². The minimum atomic E-state index is -0.345. The van der Waals surface area contributed by atoms with Crippen molar-refractivity contribution in [3.63, 3.8) is 0 Å². The van der Waals surface area contributed by atoms with Gasteiger partial charge in [0, 0.05) is 24.4 Å². The molecule has 0 saturated heterocycles. The van der Waals surface area contributed by atoms with Crippen molar-refractivity contribution in [2.24, 2.45) is 11.7 Å². The second-order valence-electron chi connectivity index (χ2n) is 4.54. The lowest BCUT2D eigenvalue weighted by molar-refractivity contribution is -0.109. The third-order valence-corrected chi connectivity index (χ3v) is 2.77. The van der Waals surface area contributed by atoms with E-state index in [0.29, 0.717) is 23.5 Å². The van der Waals surface area contributed by atoms with E-state index in [-0.39, 0.29) is 12.4 Å². The molecule has 2 aromatic rings. The van der Waals surface area contributed by atoms with E-state index in [4.69, 9.17) is 15.4 Å². The Morgan fingerprint density at radius 1 is 1.35 bits per heavy atom. The predicted molar refractivity (Wildman–Crippen MR) is 85.7 cm³/mol. The summed E-state index contributed by atoms with van der Waals surface area (Å²) < 4.78 is 19.3. The van der Waals surface area contributed by atoms with Gasteiger partial charge in [-0.3, -0.25) is 10.2 Å². The van der Waals surface area contributed by atoms with Crippen LogP contribution in [0.15, 0.2) is 36.4 Å². The average molecular weight is 321 g/mol. The van der Waals surface area contributed by atoms with Crippen molar-refractivity contribution in [2.75, 3.05) is 12.1 Å². The van der Waals surface area contributed by atoms with Crippen LogP contribution in [0.4, 0.5) is 10.1 Å². The van der Waals surface area contributed by atoms with Crippen LogP contribution < -0.4 is 26.9 Å². The first-order chi connectivity index (χ1) is 11.0. The van der Waals surface area contributed by atoms with Crippen molar-refractivity contribution >= 4 is 12.1 Å². The number of amides is 1. The fourth-order valence-electron chi connectivity index (χ4n) is 1.77. The number of hydrazine groups is 2. The summed E-state index contributed by atoms with van der Waals surface area (Å²) in [5.41, 5.74) is 3.60. The maximum absolute atomic E-state index is 13.8. The highest BCUT2D eigenvalue weighted by atomic mass is 19.1. The second kappa shape index (κ2) is 9.34. The third kappa shape index (κ3) is 5.89. The molecule has 124 valence electrons. The van der Waals surface area contributed by atoms with Gasteiger partial charge < -0.3 is 9.75 Å². The number of aryl methyl sites for hydroxylation is 1. The van der Waals surface area contributed by atoms with Crippen LogP contribution in [0.5, 0.6) is 5.88 Å². The maximum Gasteiger partial charge on any atom is 0.221 e. The molecule has 23 heavy (non-hydrogen) atoms. The molecule has 5 N–H and O–H groups in total. The molecular weight excluding hydrogens is 301 g/mol. The second-order valence-corrected chi connectivity index (χ2v) is 4.54. The van der Waals surface area contributed by atoms with Gasteiger partial charge in [0.25, 0.3) is 0 Å². The quantitative estimate of drug-likeness (QED) is 0.329. The van der Waals surface area contributed by atoms with Gasteiger partial charge in [-0.15, -0.1) is 0 Å². The molecule has 0 spiro atoms. The van der Waals surface area contributed by atoms with E-state index in [1.165, 1.54) is 11.1 Å². The van der Waals surface area contributed by atoms with Crippen molar-refractivity contribution in [3.05, 3.63) is 53.5 Å². The number of carbonyl (C=O) groups is 1. The number of nitrogens with zero attached hydrogens (tertiary/aromatic N) is 2. The Hall–Kier alpha value is -2.71. The number of ether oxygens (including phenoxy) is 1. The molecule has 0 aliphatic rings. The lowest BCUT2D eigenvalue weighted by atomic mass is 10.1. The van der Waals surface area contributed by atoms with Gasteiger partial charge in [0.2, 0.25) is 12.3 Å². The predicted octanol–water partition coefficient (Wildman–Crippen LogP) is 1.02. The lowest BCUT2D eigenvalue weighted by Crippen LogP contribution is -2.27. The first kappa shape index (κ1) is 18.3. The van der Waals surface area contributed by atoms with Crippen molar-refractivity contribution in [1.82, 2.24) is 10.4 Å². The Bertz CT molecular complexity index is 637. The van der Waals surface area contributed by atoms with Gasteiger partial charge in [-0.25, -0.2) is 21.1 Å². The van der Waals surface area contributed by atoms with Crippen LogP contribution in [0.2, 0.25) is 0 Å². The third-order valence-electron chi connectivity index (χ3n) is 2.77. The average Bonchev–Trinajstić information content (AvgIpc) is 2.53. The smallest absolute Gasteiger partial charge is 0.221 e. The van der Waals surface area contributed by atoms with E-state index in [9.17, 15) is 4.39 Å². The number of pyridine rings is 1. The molecule has 1 aromatic carbocycles. The van der Waals surface area contributed by atoms with Crippen LogP contribution >= 0.6 is 0 Å². The molecule has 0 atom stereocenters. The maximum atomic E-state index is 13.8. The topological polar surface area (TPSA) is 106 Å². The summed E-state index contributed by atoms with van der Waals surface area (Å²) in [6.07, 6.45) is 0.403. The standard InChI is InChI=1S/C14H16FN3O.CH4N2O/c1-10-5-3-8-14(17-10)19-9-11-12(15)6-4-7-13(11)18(2)16;2-3-1-4/h3-8H,9,16H2,1-2H3;1H,2H2,(H,3,4). The van der Waals surface area contributed by atoms with Gasteiger partial charge >= 0.3 is 0 Å². The van der Waals surface area contributed by atoms with Gasteiger partial charge in [-0.1, -0.05) is 12.1 Å². The molecule has 0 aliphatic carbocycles. The van der Waals surface area contributed by atoms with Gasteiger partial charge in [-0.2, -0.15) is 0 Å². The van der Waals surface area contributed by atoms with E-state index in [1.54, 1.807) is 30.7 Å². The first-order valence-corrected chi connectivity index (χ1v) is 6.71. The van der Waals surface area contributed by atoms with E-state index >= 15 is 0 Å². The fraction of sp³-hybridized carbons (Fsp3) is 0.200. The zero-order chi connectivity index (χ0) is 17.2. The van der Waals surface area contributed by atoms with E-state index < -0.39 is 0 Å². The normalized spacial score (nSPS) is 9.43. The molecule has 1 aromatic heterocycles. The van der Waals surface area contributed by atoms with Crippen molar-refractivity contribution < 1.29 is 13.9 Å². The molecule has 0 saturated carbocycles. The van der Waals surface area contributed by atoms with Crippen molar-refractivity contribution in [1.29, 1.82) is 0 Å². The van der Waals surface area contributed by atoms with Crippen LogP contribution in [0.3, 0.4) is 0 Å². The number of nitrogens with two attached hydrogens (primary N) is 2. The van der Waals surface area contributed by atoms with Crippen LogP contribution in [-0.2, 0) is 11.4 Å². The number of carbonyl (C=O) groups excluding carboxylic acids is 1.